The summed E-state index contributed by atoms with van der Waals surface area (Å²) in [5.74, 6) is -0.273. The average Bonchev–Trinajstić information content (AvgIpc) is 2.74. The molecule has 0 amide bonds. The van der Waals surface area contributed by atoms with Crippen molar-refractivity contribution in [3.8, 4) is 0 Å². The fraction of sp³-hybridized carbons (Fsp3) is 0.417. The molecule has 1 heterocycles. The molecular weight excluding hydrogens is 264 g/mol. The van der Waals surface area contributed by atoms with Crippen LogP contribution in [0.5, 0.6) is 0 Å². The van der Waals surface area contributed by atoms with Crippen molar-refractivity contribution >= 4 is 35.8 Å². The normalized spacial score (nSPS) is 11.7. The molecule has 0 saturated carbocycles. The zero-order valence-corrected chi connectivity index (χ0v) is 12.6. The Morgan fingerprint density at radius 3 is 2.89 bits per heavy atom. The summed E-state index contributed by atoms with van der Waals surface area (Å²) in [6.07, 6.45) is 0. The van der Waals surface area contributed by atoms with Gasteiger partial charge in [-0.05, 0) is 29.7 Å². The Kier molecular flexibility index (Phi) is 3.77. The third-order valence-electron chi connectivity index (χ3n) is 2.58. The van der Waals surface area contributed by atoms with E-state index in [1.54, 1.807) is 12.1 Å². The van der Waals surface area contributed by atoms with Crippen LogP contribution in [0.3, 0.4) is 0 Å². The van der Waals surface area contributed by atoms with Gasteiger partial charge < -0.3 is 4.74 Å². The fourth-order valence-corrected chi connectivity index (χ4v) is 2.87. The van der Waals surface area contributed by atoms with E-state index in [0.29, 0.717) is 12.2 Å². The maximum Gasteiger partial charge on any atom is 0.339 e. The molecule has 18 heavy (non-hydrogen) atoms. The molecule has 0 unspecified atom stereocenters. The summed E-state index contributed by atoms with van der Waals surface area (Å²) in [4.78, 5) is 12.0. The molecule has 0 N–H and O–H groups in total. The van der Waals surface area contributed by atoms with E-state index in [0.717, 1.165) is 16.3 Å². The van der Waals surface area contributed by atoms with Crippen LogP contribution in [0.4, 0.5) is 0 Å². The predicted molar refractivity (Wildman–Crippen MR) is 75.9 cm³/mol. The number of hydrogen-bond acceptors (Lipinski definition) is 5. The number of fused-ring (bicyclic) bond motifs is 1. The van der Waals surface area contributed by atoms with Gasteiger partial charge in [0.1, 0.15) is 5.52 Å². The van der Waals surface area contributed by atoms with Gasteiger partial charge in [0, 0.05) is 8.07 Å². The highest BCUT2D eigenvalue weighted by Gasteiger charge is 2.16. The molecule has 0 aliphatic carbocycles. The second-order valence-electron chi connectivity index (χ2n) is 5.37. The molecule has 2 aromatic rings. The van der Waals surface area contributed by atoms with E-state index in [1.165, 1.54) is 11.5 Å². The lowest BCUT2D eigenvalue weighted by molar-refractivity contribution is 0.0528. The van der Waals surface area contributed by atoms with Crippen molar-refractivity contribution in [2.45, 2.75) is 25.7 Å². The van der Waals surface area contributed by atoms with Crippen LogP contribution in [0, 0.1) is 0 Å². The molecule has 0 fully saturated rings. The van der Waals surface area contributed by atoms with Crippen LogP contribution in [0.2, 0.25) is 25.7 Å². The Balaban J connectivity index is 2.07. The van der Waals surface area contributed by atoms with E-state index in [9.17, 15) is 4.79 Å². The van der Waals surface area contributed by atoms with Gasteiger partial charge in [0.25, 0.3) is 0 Å². The quantitative estimate of drug-likeness (QED) is 0.637. The minimum atomic E-state index is -1.16. The van der Waals surface area contributed by atoms with Gasteiger partial charge in [-0.1, -0.05) is 30.2 Å². The lowest BCUT2D eigenvalue weighted by atomic mass is 10.2. The van der Waals surface area contributed by atoms with Crippen LogP contribution in [0.1, 0.15) is 10.4 Å². The molecule has 0 spiro atoms. The highest BCUT2D eigenvalue weighted by Crippen LogP contribution is 2.21. The predicted octanol–water partition coefficient (Wildman–Crippen LogP) is 3.19. The van der Waals surface area contributed by atoms with Gasteiger partial charge in [-0.25, -0.2) is 4.79 Å². The summed E-state index contributed by atoms with van der Waals surface area (Å²) in [6, 6.07) is 6.39. The van der Waals surface area contributed by atoms with Gasteiger partial charge in [-0.2, -0.15) is 0 Å². The zero-order valence-electron chi connectivity index (χ0n) is 10.8. The van der Waals surface area contributed by atoms with Crippen LogP contribution >= 0.6 is 11.5 Å². The first kappa shape index (κ1) is 13.2. The Morgan fingerprint density at radius 1 is 1.39 bits per heavy atom. The first-order valence-electron chi connectivity index (χ1n) is 5.85. The largest absolute Gasteiger partial charge is 0.462 e. The number of aromatic nitrogens is 2. The van der Waals surface area contributed by atoms with Gasteiger partial charge in [0.15, 0.2) is 0 Å². The molecule has 0 aliphatic rings. The molecule has 2 rings (SSSR count). The number of benzene rings is 1. The molecule has 0 aliphatic heterocycles. The summed E-state index contributed by atoms with van der Waals surface area (Å²) < 4.78 is 9.98. The molecule has 0 saturated heterocycles. The first-order chi connectivity index (χ1) is 8.47. The summed E-state index contributed by atoms with van der Waals surface area (Å²) in [7, 11) is -1.16. The smallest absolute Gasteiger partial charge is 0.339 e. The Bertz CT molecular complexity index is 562. The Morgan fingerprint density at radius 2 is 2.17 bits per heavy atom. The van der Waals surface area contributed by atoms with Crippen molar-refractivity contribution in [1.82, 2.24) is 9.59 Å². The summed E-state index contributed by atoms with van der Waals surface area (Å²) in [5.41, 5.74) is 1.32. The maximum absolute atomic E-state index is 12.0. The fourth-order valence-electron chi connectivity index (χ4n) is 1.49. The molecule has 4 nitrogen and oxygen atoms in total. The topological polar surface area (TPSA) is 52.1 Å². The third kappa shape index (κ3) is 3.14. The minimum absolute atomic E-state index is 0.273. The zero-order chi connectivity index (χ0) is 13.2. The molecule has 0 bridgehead atoms. The van der Waals surface area contributed by atoms with Crippen molar-refractivity contribution in [3.63, 3.8) is 0 Å². The SMILES string of the molecule is C[Si](C)(C)CCOC(=O)c1cccc2nnsc12. The monoisotopic (exact) mass is 280 g/mol. The van der Waals surface area contributed by atoms with Crippen LogP contribution in [-0.2, 0) is 4.74 Å². The lowest BCUT2D eigenvalue weighted by Gasteiger charge is -2.15. The van der Waals surface area contributed by atoms with Crippen LogP contribution in [0.15, 0.2) is 18.2 Å². The van der Waals surface area contributed by atoms with E-state index < -0.39 is 8.07 Å². The summed E-state index contributed by atoms with van der Waals surface area (Å²) >= 11 is 1.23. The Hall–Kier alpha value is -1.27. The standard InChI is InChI=1S/C12H16N2O2SSi/c1-18(2,3)8-7-16-12(15)9-5-4-6-10-11(9)17-14-13-10/h4-6H,7-8H2,1-3H3. The highest BCUT2D eigenvalue weighted by molar-refractivity contribution is 7.13. The number of ether oxygens (including phenoxy) is 1. The summed E-state index contributed by atoms with van der Waals surface area (Å²) in [5, 5.41) is 3.95. The number of hydrogen-bond donors (Lipinski definition) is 0. The Labute approximate surface area is 111 Å². The van der Waals surface area contributed by atoms with Crippen LogP contribution in [-0.4, -0.2) is 30.2 Å². The van der Waals surface area contributed by atoms with E-state index in [-0.39, 0.29) is 5.97 Å². The molecule has 0 radical (unpaired) electrons. The number of nitrogens with zero attached hydrogens (tertiary/aromatic N) is 2. The van der Waals surface area contributed by atoms with Crippen molar-refractivity contribution in [2.24, 2.45) is 0 Å². The van der Waals surface area contributed by atoms with Crippen LogP contribution < -0.4 is 0 Å². The van der Waals surface area contributed by atoms with Crippen molar-refractivity contribution in [2.75, 3.05) is 6.61 Å². The molecule has 6 heteroatoms. The number of carbonyl (C=O) groups is 1. The number of esters is 1. The number of carbonyl (C=O) groups excluding carboxylic acids is 1. The molecule has 0 atom stereocenters. The highest BCUT2D eigenvalue weighted by atomic mass is 32.1. The van der Waals surface area contributed by atoms with Gasteiger partial charge in [-0.15, -0.1) is 5.10 Å². The maximum atomic E-state index is 12.0. The number of rotatable bonds is 4. The molecule has 96 valence electrons. The molecule has 1 aromatic carbocycles. The second kappa shape index (κ2) is 5.15. The second-order valence-corrected chi connectivity index (χ2v) is 11.7. The lowest BCUT2D eigenvalue weighted by Crippen LogP contribution is -2.22. The molecule has 1 aromatic heterocycles. The van der Waals surface area contributed by atoms with Crippen molar-refractivity contribution < 1.29 is 9.53 Å². The van der Waals surface area contributed by atoms with Gasteiger partial charge in [-0.3, -0.25) is 0 Å². The van der Waals surface area contributed by atoms with Gasteiger partial charge >= 0.3 is 5.97 Å². The van der Waals surface area contributed by atoms with E-state index in [4.69, 9.17) is 4.74 Å². The molecular formula is C12H16N2O2SSi. The van der Waals surface area contributed by atoms with Crippen molar-refractivity contribution in [1.29, 1.82) is 0 Å². The minimum Gasteiger partial charge on any atom is -0.462 e. The van der Waals surface area contributed by atoms with E-state index >= 15 is 0 Å². The van der Waals surface area contributed by atoms with Gasteiger partial charge in [0.2, 0.25) is 0 Å². The van der Waals surface area contributed by atoms with E-state index in [1.807, 2.05) is 6.07 Å². The van der Waals surface area contributed by atoms with E-state index in [2.05, 4.69) is 29.2 Å². The first-order valence-corrected chi connectivity index (χ1v) is 10.3. The van der Waals surface area contributed by atoms with Crippen molar-refractivity contribution in [3.05, 3.63) is 23.8 Å². The third-order valence-corrected chi connectivity index (χ3v) is 5.06. The average molecular weight is 280 g/mol. The van der Waals surface area contributed by atoms with Crippen LogP contribution in [0.25, 0.3) is 10.2 Å². The van der Waals surface area contributed by atoms with Gasteiger partial charge in [0.05, 0.1) is 16.9 Å². The summed E-state index contributed by atoms with van der Waals surface area (Å²) in [6.45, 7) is 7.27.